The van der Waals surface area contributed by atoms with E-state index in [4.69, 9.17) is 10.8 Å². The van der Waals surface area contributed by atoms with Crippen molar-refractivity contribution >= 4 is 37.2 Å². The number of carbonyl (C=O) groups is 3. The van der Waals surface area contributed by atoms with Crippen LogP contribution in [0.5, 0.6) is 0 Å². The molecule has 0 bridgehead atoms. The van der Waals surface area contributed by atoms with Crippen molar-refractivity contribution in [3.05, 3.63) is 143 Å². The third kappa shape index (κ3) is 9.06. The molecule has 0 N–H and O–H groups in total. The van der Waals surface area contributed by atoms with Gasteiger partial charge in [-0.05, 0) is 45.0 Å². The van der Waals surface area contributed by atoms with Crippen LogP contribution in [-0.2, 0) is 25.5 Å². The number of ether oxygens (including phenoxy) is 2. The number of Topliss-reactive ketones (excluding diaryl/α,β-unsaturated/α-hetero) is 1. The Balaban J connectivity index is 0.000000298. The minimum absolute atomic E-state index is 0. The van der Waals surface area contributed by atoms with Crippen molar-refractivity contribution in [2.75, 3.05) is 0 Å². The van der Waals surface area contributed by atoms with Gasteiger partial charge in [0.2, 0.25) is 5.78 Å². The van der Waals surface area contributed by atoms with Crippen molar-refractivity contribution in [2.24, 2.45) is 0 Å². The van der Waals surface area contributed by atoms with Gasteiger partial charge in [-0.1, -0.05) is 72.8 Å². The second-order valence-corrected chi connectivity index (χ2v) is 9.54. The Kier molecular flexibility index (Phi) is 13.4. The van der Waals surface area contributed by atoms with E-state index in [-0.39, 0.29) is 53.6 Å². The molecule has 4 aromatic carbocycles. The van der Waals surface area contributed by atoms with E-state index in [1.807, 2.05) is 6.07 Å². The van der Waals surface area contributed by atoms with Gasteiger partial charge in [-0.15, -0.1) is 0 Å². The number of halogens is 4. The van der Waals surface area contributed by atoms with Crippen LogP contribution in [0.3, 0.4) is 0 Å². The summed E-state index contributed by atoms with van der Waals surface area (Å²) in [4.78, 5) is 35.9. The molecule has 45 heavy (non-hydrogen) atoms. The molecule has 0 amide bonds. The zero-order chi connectivity index (χ0) is 33.1. The summed E-state index contributed by atoms with van der Waals surface area (Å²) >= 11 is 0. The maximum absolute atomic E-state index is 14.0. The van der Waals surface area contributed by atoms with Crippen molar-refractivity contribution in [3.8, 4) is 0 Å². The van der Waals surface area contributed by atoms with E-state index in [2.05, 4.69) is 8.38 Å². The van der Waals surface area contributed by atoms with E-state index in [1.54, 1.807) is 61.5 Å². The summed E-state index contributed by atoms with van der Waals surface area (Å²) in [5.74, 6) is -5.12. The maximum atomic E-state index is 14.0. The third-order valence-corrected chi connectivity index (χ3v) is 6.58. The average Bonchev–Trinajstić information content (AvgIpc) is 3.33. The van der Waals surface area contributed by atoms with Crippen LogP contribution in [0, 0.1) is 54.4 Å². The summed E-state index contributed by atoms with van der Waals surface area (Å²) in [5, 5.41) is 0. The van der Waals surface area contributed by atoms with Gasteiger partial charge in [0, 0.05) is 56.2 Å². The first-order valence-corrected chi connectivity index (χ1v) is 13.2. The van der Waals surface area contributed by atoms with Crippen molar-refractivity contribution in [2.45, 2.75) is 32.5 Å². The molecule has 2 atom stereocenters. The van der Waals surface area contributed by atoms with Crippen LogP contribution in [0.1, 0.15) is 40.9 Å². The topological polar surface area (TPSA) is 69.7 Å². The van der Waals surface area contributed by atoms with Gasteiger partial charge in [0.25, 0.3) is 0 Å². The Morgan fingerprint density at radius 2 is 1.31 bits per heavy atom. The van der Waals surface area contributed by atoms with Crippen molar-refractivity contribution in [1.82, 2.24) is 0 Å². The molecule has 1 aliphatic heterocycles. The van der Waals surface area contributed by atoms with Gasteiger partial charge in [-0.2, -0.15) is 0 Å². The number of rotatable bonds is 7. The van der Waals surface area contributed by atoms with E-state index in [0.717, 1.165) is 24.3 Å². The summed E-state index contributed by atoms with van der Waals surface area (Å²) in [6.07, 6.45) is -2.14. The molecule has 228 valence electrons. The van der Waals surface area contributed by atoms with Crippen LogP contribution < -0.4 is 0 Å². The summed E-state index contributed by atoms with van der Waals surface area (Å²) in [6, 6.07) is 24.2. The first-order chi connectivity index (χ1) is 21.6. The Morgan fingerprint density at radius 1 is 0.822 bits per heavy atom. The van der Waals surface area contributed by atoms with Crippen molar-refractivity contribution in [3.63, 3.8) is 0 Å². The van der Waals surface area contributed by atoms with E-state index in [0.29, 0.717) is 16.7 Å². The second-order valence-electron chi connectivity index (χ2n) is 9.54. The van der Waals surface area contributed by atoms with Gasteiger partial charge in [-0.25, -0.2) is 22.4 Å². The minimum atomic E-state index is -1.02. The predicted octanol–water partition coefficient (Wildman–Crippen LogP) is 6.49. The Hall–Kier alpha value is -3.93. The van der Waals surface area contributed by atoms with Crippen molar-refractivity contribution in [1.29, 1.82) is 1.34 Å². The summed E-state index contributed by atoms with van der Waals surface area (Å²) in [5.41, 5.74) is 0.889. The third-order valence-electron chi connectivity index (χ3n) is 6.58. The zero-order valence-corrected chi connectivity index (χ0v) is 28.4. The fourth-order valence-electron chi connectivity index (χ4n) is 4.54. The molecule has 0 fully saturated rings. The van der Waals surface area contributed by atoms with Crippen LogP contribution in [-0.4, -0.2) is 39.6 Å². The first-order valence-electron chi connectivity index (χ1n) is 13.8. The first kappa shape index (κ1) is 35.5. The number of hydrogen-bond acceptors (Lipinski definition) is 5. The van der Waals surface area contributed by atoms with Crippen molar-refractivity contribution < 1.29 is 72.5 Å². The Labute approximate surface area is 284 Å². The Morgan fingerprint density at radius 3 is 1.84 bits per heavy atom. The van der Waals surface area contributed by atoms with Crippen LogP contribution in [0.4, 0.5) is 17.6 Å². The SMILES string of the molecule is CC(OC(=O)Cc1c(F)cccc1F)C(=O)c1ccccc1.CC1OC(=O)C(c2c(F)cccc2F)=C1c1ccccc1.[2H][B].[U]. The molecule has 2 radical (unpaired) electrons. The zero-order valence-electron chi connectivity index (χ0n) is 25.2. The molecule has 5 nitrogen and oxygen atoms in total. The Bertz CT molecular complexity index is 1650. The standard InChI is InChI=1S/C17H14F2O3.C17H12F2O2.BH.U/c1-11(17(21)12-6-3-2-4-7-12)22-16(20)10-13-14(18)8-5-9-15(13)19;1-10-14(11-6-3-2-4-7-11)16(17(20)21-10)15-12(18)8-5-9-13(15)19;;/h2-9,11H,10H2,1H3;2-10H,1H3;1H;/i;;1D;. The molecular weight excluding hydrogens is 813 g/mol. The van der Waals surface area contributed by atoms with Gasteiger partial charge in [-0.3, -0.25) is 9.59 Å². The number of ketones is 1. The van der Waals surface area contributed by atoms with Crippen LogP contribution in [0.15, 0.2) is 97.1 Å². The van der Waals surface area contributed by atoms with Gasteiger partial charge in [0.15, 0.2) is 6.10 Å². The quantitative estimate of drug-likeness (QED) is 0.0922. The second kappa shape index (κ2) is 16.9. The van der Waals surface area contributed by atoms with E-state index in [9.17, 15) is 31.9 Å². The van der Waals surface area contributed by atoms with E-state index < -0.39 is 53.8 Å². The molecule has 0 saturated carbocycles. The maximum Gasteiger partial charge on any atom is 0.340 e. The van der Waals surface area contributed by atoms with Gasteiger partial charge < -0.3 is 9.47 Å². The van der Waals surface area contributed by atoms with Crippen LogP contribution in [0.2, 0.25) is 0 Å². The largest absolute Gasteiger partial charge is 0.454 e. The molecule has 0 aliphatic carbocycles. The van der Waals surface area contributed by atoms with E-state index >= 15 is 0 Å². The minimum Gasteiger partial charge on any atom is -0.454 e. The van der Waals surface area contributed by atoms with E-state index in [1.165, 1.54) is 19.1 Å². The summed E-state index contributed by atoms with van der Waals surface area (Å²) in [7, 11) is 3.75. The summed E-state index contributed by atoms with van der Waals surface area (Å²) in [6.45, 7) is 3.11. The molecule has 11 heteroatoms. The number of benzene rings is 4. The molecule has 1 heterocycles. The smallest absolute Gasteiger partial charge is 0.340 e. The number of carbonyl (C=O) groups excluding carboxylic acids is 3. The summed E-state index contributed by atoms with van der Waals surface area (Å²) < 4.78 is 70.3. The molecule has 4 aromatic rings. The predicted molar refractivity (Wildman–Crippen MR) is 159 cm³/mol. The van der Waals surface area contributed by atoms with Gasteiger partial charge in [0.05, 0.1) is 17.6 Å². The molecule has 0 saturated heterocycles. The monoisotopic (exact) mass is 841 g/mol. The molecule has 0 aromatic heterocycles. The molecule has 0 spiro atoms. The van der Waals surface area contributed by atoms with Gasteiger partial charge >= 0.3 is 11.9 Å². The molecule has 1 aliphatic rings. The normalized spacial score (nSPS) is 14.3. The molecule has 2 unspecified atom stereocenters. The van der Waals surface area contributed by atoms with Crippen LogP contribution >= 0.6 is 0 Å². The number of cyclic esters (lactones) is 1. The average molecular weight is 841 g/mol. The van der Waals surface area contributed by atoms with Gasteiger partial charge in [0.1, 0.15) is 29.4 Å². The van der Waals surface area contributed by atoms with Crippen LogP contribution in [0.25, 0.3) is 11.1 Å². The number of hydrogen-bond donors (Lipinski definition) is 0. The molecular formula is C34H27BF4O5U. The number of esters is 2. The fraction of sp³-hybridized carbons (Fsp3) is 0.147. The fourth-order valence-corrected chi connectivity index (χ4v) is 4.54. The molecule has 5 rings (SSSR count).